The lowest BCUT2D eigenvalue weighted by Gasteiger charge is -2.00. The zero-order valence-corrected chi connectivity index (χ0v) is 7.00. The first-order valence-corrected chi connectivity index (χ1v) is 3.68. The molecular weight excluding hydrogens is 152 g/mol. The fourth-order valence-corrected chi connectivity index (χ4v) is 0.959. The van der Waals surface area contributed by atoms with Crippen LogP contribution in [0.15, 0.2) is 35.6 Å². The summed E-state index contributed by atoms with van der Waals surface area (Å²) >= 11 is 0. The molecule has 4 N–H and O–H groups in total. The highest BCUT2D eigenvalue weighted by Crippen LogP contribution is 2.34. The number of hydrogen-bond acceptors (Lipinski definition) is 2. The van der Waals surface area contributed by atoms with Crippen LogP contribution in [0.3, 0.4) is 0 Å². The number of amides is 1. The van der Waals surface area contributed by atoms with Crippen LogP contribution in [0.4, 0.5) is 0 Å². The van der Waals surface area contributed by atoms with Crippen LogP contribution in [0.5, 0.6) is 0 Å². The molecule has 1 aliphatic rings. The van der Waals surface area contributed by atoms with Gasteiger partial charge in [-0.2, -0.15) is 0 Å². The van der Waals surface area contributed by atoms with E-state index in [0.717, 1.165) is 5.57 Å². The van der Waals surface area contributed by atoms with Gasteiger partial charge >= 0.3 is 0 Å². The van der Waals surface area contributed by atoms with Gasteiger partial charge in [0.05, 0.1) is 0 Å². The molecule has 0 bridgehead atoms. The van der Waals surface area contributed by atoms with Gasteiger partial charge in [0.25, 0.3) is 0 Å². The summed E-state index contributed by atoms with van der Waals surface area (Å²) in [5, 5.41) is 0. The number of nitrogens with two attached hydrogens (primary N) is 2. The normalized spacial score (nSPS) is 22.4. The van der Waals surface area contributed by atoms with Gasteiger partial charge in [0.2, 0.25) is 5.91 Å². The first-order valence-electron chi connectivity index (χ1n) is 3.68. The van der Waals surface area contributed by atoms with Crippen molar-refractivity contribution in [3.8, 4) is 0 Å². The number of allylic oxidation sites excluding steroid dienone is 3. The zero-order chi connectivity index (χ0) is 9.30. The molecular formula is C9H12N2O. The van der Waals surface area contributed by atoms with Gasteiger partial charge in [-0.3, -0.25) is 4.79 Å². The third-order valence-electron chi connectivity index (χ3n) is 1.95. The summed E-state index contributed by atoms with van der Waals surface area (Å²) in [7, 11) is 0. The van der Waals surface area contributed by atoms with Crippen molar-refractivity contribution in [1.29, 1.82) is 0 Å². The van der Waals surface area contributed by atoms with Crippen molar-refractivity contribution < 1.29 is 4.79 Å². The number of primary amides is 1. The molecule has 0 aliphatic heterocycles. The summed E-state index contributed by atoms with van der Waals surface area (Å²) in [4.78, 5) is 10.7. The van der Waals surface area contributed by atoms with Crippen LogP contribution in [0, 0.1) is 5.92 Å². The number of carbonyl (C=O) groups is 1. The van der Waals surface area contributed by atoms with E-state index in [-0.39, 0.29) is 5.92 Å². The van der Waals surface area contributed by atoms with E-state index in [1.165, 1.54) is 0 Å². The third kappa shape index (κ3) is 1.39. The molecule has 0 fully saturated rings. The van der Waals surface area contributed by atoms with E-state index < -0.39 is 5.91 Å². The molecule has 0 aromatic rings. The zero-order valence-electron chi connectivity index (χ0n) is 7.00. The molecule has 0 radical (unpaired) electrons. The predicted octanol–water partition coefficient (Wildman–Crippen LogP) is 0.447. The molecule has 64 valence electrons. The SMILES string of the molecule is C=CC1C=C1/C(N)=C(\C)C(N)=O. The van der Waals surface area contributed by atoms with Crippen molar-refractivity contribution in [3.05, 3.63) is 35.6 Å². The molecule has 1 amide bonds. The smallest absolute Gasteiger partial charge is 0.246 e. The minimum absolute atomic E-state index is 0.235. The summed E-state index contributed by atoms with van der Waals surface area (Å²) in [5.74, 6) is -0.234. The first kappa shape index (κ1) is 8.59. The van der Waals surface area contributed by atoms with Crippen LogP contribution < -0.4 is 11.5 Å². The molecule has 1 atom stereocenters. The van der Waals surface area contributed by atoms with E-state index in [0.29, 0.717) is 11.3 Å². The van der Waals surface area contributed by atoms with E-state index in [4.69, 9.17) is 11.5 Å². The van der Waals surface area contributed by atoms with E-state index in [2.05, 4.69) is 6.58 Å². The van der Waals surface area contributed by atoms with Crippen LogP contribution in [0.25, 0.3) is 0 Å². The molecule has 1 unspecified atom stereocenters. The summed E-state index contributed by atoms with van der Waals surface area (Å²) in [6.45, 7) is 5.24. The van der Waals surface area contributed by atoms with Crippen LogP contribution in [0.2, 0.25) is 0 Å². The van der Waals surface area contributed by atoms with Gasteiger partial charge in [-0.25, -0.2) is 0 Å². The maximum Gasteiger partial charge on any atom is 0.246 e. The Morgan fingerprint density at radius 2 is 2.25 bits per heavy atom. The molecule has 1 rings (SSSR count). The Kier molecular flexibility index (Phi) is 2.04. The highest BCUT2D eigenvalue weighted by Gasteiger charge is 2.25. The lowest BCUT2D eigenvalue weighted by molar-refractivity contribution is -0.114. The minimum Gasteiger partial charge on any atom is -0.398 e. The molecule has 0 spiro atoms. The number of rotatable bonds is 3. The van der Waals surface area contributed by atoms with Gasteiger partial charge < -0.3 is 11.5 Å². The highest BCUT2D eigenvalue weighted by molar-refractivity contribution is 5.93. The molecule has 0 saturated carbocycles. The van der Waals surface area contributed by atoms with Gasteiger partial charge in [-0.1, -0.05) is 12.2 Å². The molecule has 3 nitrogen and oxygen atoms in total. The Labute approximate surface area is 71.4 Å². The lowest BCUT2D eigenvalue weighted by Crippen LogP contribution is -2.16. The Bertz CT molecular complexity index is 300. The van der Waals surface area contributed by atoms with E-state index in [1.54, 1.807) is 13.0 Å². The Hall–Kier alpha value is -1.51. The molecule has 12 heavy (non-hydrogen) atoms. The monoisotopic (exact) mass is 164 g/mol. The summed E-state index contributed by atoms with van der Waals surface area (Å²) in [6.07, 6.45) is 3.71. The molecule has 0 aromatic heterocycles. The van der Waals surface area contributed by atoms with Crippen LogP contribution in [-0.4, -0.2) is 5.91 Å². The second-order valence-electron chi connectivity index (χ2n) is 2.79. The highest BCUT2D eigenvalue weighted by atomic mass is 16.1. The quantitative estimate of drug-likeness (QED) is 0.469. The van der Waals surface area contributed by atoms with E-state index in [1.807, 2.05) is 6.08 Å². The summed E-state index contributed by atoms with van der Waals surface area (Å²) < 4.78 is 0. The van der Waals surface area contributed by atoms with Crippen molar-refractivity contribution in [2.75, 3.05) is 0 Å². The van der Waals surface area contributed by atoms with Crippen molar-refractivity contribution >= 4 is 5.91 Å². The predicted molar refractivity (Wildman–Crippen MR) is 47.9 cm³/mol. The van der Waals surface area contributed by atoms with Crippen molar-refractivity contribution in [2.45, 2.75) is 6.92 Å². The summed E-state index contributed by atoms with van der Waals surface area (Å²) in [6, 6.07) is 0. The lowest BCUT2D eigenvalue weighted by atomic mass is 10.1. The maximum atomic E-state index is 10.7. The third-order valence-corrected chi connectivity index (χ3v) is 1.95. The maximum absolute atomic E-state index is 10.7. The average molecular weight is 164 g/mol. The molecule has 0 saturated heterocycles. The number of carbonyl (C=O) groups excluding carboxylic acids is 1. The van der Waals surface area contributed by atoms with Gasteiger partial charge in [0, 0.05) is 17.2 Å². The van der Waals surface area contributed by atoms with Crippen LogP contribution >= 0.6 is 0 Å². The van der Waals surface area contributed by atoms with E-state index in [9.17, 15) is 4.79 Å². The number of hydrogen-bond donors (Lipinski definition) is 2. The standard InChI is InChI=1S/C9H12N2O/c1-3-6-4-7(6)8(10)5(2)9(11)12/h3-4,6H,1,10H2,2H3,(H2,11,12)/b8-5-. The first-order chi connectivity index (χ1) is 5.57. The Morgan fingerprint density at radius 1 is 1.67 bits per heavy atom. The van der Waals surface area contributed by atoms with Crippen molar-refractivity contribution in [2.24, 2.45) is 17.4 Å². The van der Waals surface area contributed by atoms with Gasteiger partial charge in [0.1, 0.15) is 0 Å². The average Bonchev–Trinajstić information content (AvgIpc) is 2.80. The van der Waals surface area contributed by atoms with Crippen LogP contribution in [0.1, 0.15) is 6.92 Å². The van der Waals surface area contributed by atoms with Gasteiger partial charge in [-0.05, 0) is 12.5 Å². The topological polar surface area (TPSA) is 69.1 Å². The Morgan fingerprint density at radius 3 is 2.58 bits per heavy atom. The molecule has 0 aromatic carbocycles. The molecule has 3 heteroatoms. The van der Waals surface area contributed by atoms with Gasteiger partial charge in [0.15, 0.2) is 0 Å². The molecule has 1 aliphatic carbocycles. The van der Waals surface area contributed by atoms with Crippen molar-refractivity contribution in [1.82, 2.24) is 0 Å². The second kappa shape index (κ2) is 2.85. The van der Waals surface area contributed by atoms with Gasteiger partial charge in [-0.15, -0.1) is 6.58 Å². The van der Waals surface area contributed by atoms with E-state index >= 15 is 0 Å². The fourth-order valence-electron chi connectivity index (χ4n) is 0.959. The van der Waals surface area contributed by atoms with Crippen molar-refractivity contribution in [3.63, 3.8) is 0 Å². The fraction of sp³-hybridized carbons (Fsp3) is 0.222. The second-order valence-corrected chi connectivity index (χ2v) is 2.79. The van der Waals surface area contributed by atoms with Crippen LogP contribution in [-0.2, 0) is 4.79 Å². The largest absolute Gasteiger partial charge is 0.398 e. The Balaban J connectivity index is 2.78. The minimum atomic E-state index is -0.469. The summed E-state index contributed by atoms with van der Waals surface area (Å²) in [5.41, 5.74) is 12.6. The molecule has 0 heterocycles.